The third-order valence-corrected chi connectivity index (χ3v) is 5.54. The fourth-order valence-electron chi connectivity index (χ4n) is 3.80. The molecule has 0 unspecified atom stereocenters. The zero-order valence-electron chi connectivity index (χ0n) is 20.4. The lowest BCUT2D eigenvalue weighted by atomic mass is 9.98. The van der Waals surface area contributed by atoms with Gasteiger partial charge in [-0.15, -0.1) is 0 Å². The van der Waals surface area contributed by atoms with Crippen molar-refractivity contribution in [2.45, 2.75) is 70.6 Å². The van der Waals surface area contributed by atoms with E-state index in [9.17, 15) is 19.5 Å². The van der Waals surface area contributed by atoms with Gasteiger partial charge in [-0.3, -0.25) is 9.59 Å². The summed E-state index contributed by atoms with van der Waals surface area (Å²) in [4.78, 5) is 35.7. The van der Waals surface area contributed by atoms with Crippen molar-refractivity contribution >= 4 is 17.7 Å². The van der Waals surface area contributed by atoms with E-state index >= 15 is 0 Å². The highest BCUT2D eigenvalue weighted by Crippen LogP contribution is 2.29. The summed E-state index contributed by atoms with van der Waals surface area (Å²) in [6.07, 6.45) is -5.93. The average molecular weight is 501 g/mol. The van der Waals surface area contributed by atoms with E-state index in [0.717, 1.165) is 11.1 Å². The lowest BCUT2D eigenvalue weighted by Gasteiger charge is -2.43. The Hall–Kier alpha value is -3.11. The standard InChI is InChI=1S/C27H32O9/c1-18(28)13-14-23(30)36-24-22(17-32-15-20-9-5-3-6-10-20)35-27(31)26(34-19(2)29)25(24)33-16-21-11-7-4-8-12-21/h3-12,22,24-27,31H,13-17H2,1-2H3/t22-,24-,25+,26+,27+/m1/s1. The molecular formula is C27H32O9. The van der Waals surface area contributed by atoms with Gasteiger partial charge in [0.1, 0.15) is 18.0 Å². The Bertz CT molecular complexity index is 979. The predicted molar refractivity (Wildman–Crippen MR) is 127 cm³/mol. The summed E-state index contributed by atoms with van der Waals surface area (Å²) in [6, 6.07) is 18.7. The van der Waals surface area contributed by atoms with Gasteiger partial charge in [-0.25, -0.2) is 0 Å². The van der Waals surface area contributed by atoms with E-state index in [-0.39, 0.29) is 38.4 Å². The lowest BCUT2D eigenvalue weighted by Crippen LogP contribution is -2.62. The van der Waals surface area contributed by atoms with E-state index in [4.69, 9.17) is 23.7 Å². The first-order valence-electron chi connectivity index (χ1n) is 11.8. The highest BCUT2D eigenvalue weighted by atomic mass is 16.7. The summed E-state index contributed by atoms with van der Waals surface area (Å²) < 4.78 is 28.6. The van der Waals surface area contributed by atoms with Gasteiger partial charge >= 0.3 is 11.9 Å². The number of ether oxygens (including phenoxy) is 5. The molecule has 36 heavy (non-hydrogen) atoms. The molecule has 194 valence electrons. The van der Waals surface area contributed by atoms with Crippen LogP contribution in [0.3, 0.4) is 0 Å². The number of hydrogen-bond donors (Lipinski definition) is 1. The van der Waals surface area contributed by atoms with Crippen molar-refractivity contribution in [3.8, 4) is 0 Å². The smallest absolute Gasteiger partial charge is 0.306 e. The van der Waals surface area contributed by atoms with E-state index in [0.29, 0.717) is 0 Å². The first kappa shape index (κ1) is 27.5. The molecule has 0 aliphatic carbocycles. The van der Waals surface area contributed by atoms with Gasteiger partial charge in [0, 0.05) is 13.3 Å². The first-order chi connectivity index (χ1) is 17.3. The minimum atomic E-state index is -1.54. The van der Waals surface area contributed by atoms with Crippen molar-refractivity contribution in [1.29, 1.82) is 0 Å². The van der Waals surface area contributed by atoms with E-state index in [1.54, 1.807) is 0 Å². The third-order valence-electron chi connectivity index (χ3n) is 5.54. The molecule has 9 heteroatoms. The topological polar surface area (TPSA) is 118 Å². The molecule has 2 aromatic rings. The number of ketones is 1. The Kier molecular flexibility index (Phi) is 10.6. The number of Topliss-reactive ketones (excluding diaryl/α,β-unsaturated/α-hetero) is 1. The largest absolute Gasteiger partial charge is 0.457 e. The van der Waals surface area contributed by atoms with Gasteiger partial charge in [-0.1, -0.05) is 60.7 Å². The van der Waals surface area contributed by atoms with Crippen molar-refractivity contribution in [3.05, 3.63) is 71.8 Å². The number of carbonyl (C=O) groups excluding carboxylic acids is 3. The molecule has 1 N–H and O–H groups in total. The van der Waals surface area contributed by atoms with Crippen molar-refractivity contribution in [2.75, 3.05) is 6.61 Å². The predicted octanol–water partition coefficient (Wildman–Crippen LogP) is 2.72. The second kappa shape index (κ2) is 13.8. The molecule has 0 aromatic heterocycles. The van der Waals surface area contributed by atoms with Gasteiger partial charge in [0.05, 0.1) is 26.2 Å². The van der Waals surface area contributed by atoms with E-state index in [1.165, 1.54) is 13.8 Å². The van der Waals surface area contributed by atoms with Crippen molar-refractivity contribution in [2.24, 2.45) is 0 Å². The molecule has 1 heterocycles. The van der Waals surface area contributed by atoms with Crippen molar-refractivity contribution in [3.63, 3.8) is 0 Å². The minimum absolute atomic E-state index is 0.0210. The Morgan fingerprint density at radius 3 is 2.00 bits per heavy atom. The zero-order chi connectivity index (χ0) is 25.9. The molecule has 5 atom stereocenters. The van der Waals surface area contributed by atoms with Gasteiger partial charge in [0.2, 0.25) is 0 Å². The summed E-state index contributed by atoms with van der Waals surface area (Å²) in [5.41, 5.74) is 1.76. The van der Waals surface area contributed by atoms with Crippen LogP contribution in [0.4, 0.5) is 0 Å². The fraction of sp³-hybridized carbons (Fsp3) is 0.444. The maximum absolute atomic E-state index is 12.6. The molecule has 1 aliphatic heterocycles. The molecular weight excluding hydrogens is 468 g/mol. The summed E-state index contributed by atoms with van der Waals surface area (Å²) >= 11 is 0. The number of rotatable bonds is 12. The molecule has 0 spiro atoms. The second-order valence-corrected chi connectivity index (χ2v) is 8.56. The lowest BCUT2D eigenvalue weighted by molar-refractivity contribution is -0.303. The van der Waals surface area contributed by atoms with E-state index < -0.39 is 42.6 Å². The number of carbonyl (C=O) groups is 3. The second-order valence-electron chi connectivity index (χ2n) is 8.56. The highest BCUT2D eigenvalue weighted by molar-refractivity contribution is 5.81. The maximum Gasteiger partial charge on any atom is 0.306 e. The van der Waals surface area contributed by atoms with Crippen LogP contribution >= 0.6 is 0 Å². The average Bonchev–Trinajstić information content (AvgIpc) is 2.86. The van der Waals surface area contributed by atoms with Gasteiger partial charge in [-0.2, -0.15) is 0 Å². The molecule has 3 rings (SSSR count). The van der Waals surface area contributed by atoms with Crippen molar-refractivity contribution in [1.82, 2.24) is 0 Å². The van der Waals surface area contributed by atoms with Gasteiger partial charge in [0.15, 0.2) is 18.5 Å². The van der Waals surface area contributed by atoms with Gasteiger partial charge < -0.3 is 33.6 Å². The van der Waals surface area contributed by atoms with Crippen LogP contribution in [0.15, 0.2) is 60.7 Å². The number of esters is 2. The van der Waals surface area contributed by atoms with E-state index in [1.807, 2.05) is 60.7 Å². The van der Waals surface area contributed by atoms with E-state index in [2.05, 4.69) is 0 Å². The fourth-order valence-corrected chi connectivity index (χ4v) is 3.80. The summed E-state index contributed by atoms with van der Waals surface area (Å²) in [6.45, 7) is 2.92. The molecule has 0 bridgehead atoms. The Morgan fingerprint density at radius 2 is 1.42 bits per heavy atom. The summed E-state index contributed by atoms with van der Waals surface area (Å²) in [5.74, 6) is -1.45. The van der Waals surface area contributed by atoms with Crippen LogP contribution < -0.4 is 0 Å². The molecule has 2 aromatic carbocycles. The molecule has 0 amide bonds. The highest BCUT2D eigenvalue weighted by Gasteiger charge is 2.50. The molecule has 0 saturated carbocycles. The molecule has 1 fully saturated rings. The number of benzene rings is 2. The quantitative estimate of drug-likeness (QED) is 0.439. The van der Waals surface area contributed by atoms with Crippen LogP contribution in [0.25, 0.3) is 0 Å². The van der Waals surface area contributed by atoms with Gasteiger partial charge in [-0.05, 0) is 18.1 Å². The summed E-state index contributed by atoms with van der Waals surface area (Å²) in [7, 11) is 0. The normalized spacial score (nSPS) is 23.6. The molecule has 1 saturated heterocycles. The monoisotopic (exact) mass is 500 g/mol. The van der Waals surface area contributed by atoms with Crippen LogP contribution in [0, 0.1) is 0 Å². The number of aliphatic hydroxyl groups excluding tert-OH is 1. The molecule has 1 aliphatic rings. The SMILES string of the molecule is CC(=O)CCC(=O)O[C@H]1[C@H](OCc2ccccc2)[C@H](OC(C)=O)[C@@H](O)O[C@@H]1COCc1ccccc1. The van der Waals surface area contributed by atoms with Crippen LogP contribution in [-0.4, -0.2) is 60.1 Å². The number of hydrogen-bond acceptors (Lipinski definition) is 9. The Labute approximate surface area is 210 Å². The maximum atomic E-state index is 12.6. The molecule has 0 radical (unpaired) electrons. The van der Waals surface area contributed by atoms with Crippen LogP contribution in [0.5, 0.6) is 0 Å². The van der Waals surface area contributed by atoms with Crippen LogP contribution in [0.2, 0.25) is 0 Å². The van der Waals surface area contributed by atoms with Crippen LogP contribution in [0.1, 0.15) is 37.8 Å². The van der Waals surface area contributed by atoms with Crippen molar-refractivity contribution < 1.29 is 43.2 Å². The first-order valence-corrected chi connectivity index (χ1v) is 11.8. The Balaban J connectivity index is 1.80. The Morgan fingerprint density at radius 1 is 0.806 bits per heavy atom. The molecule has 9 nitrogen and oxygen atoms in total. The van der Waals surface area contributed by atoms with Crippen LogP contribution in [-0.2, 0) is 51.3 Å². The zero-order valence-corrected chi connectivity index (χ0v) is 20.4. The minimum Gasteiger partial charge on any atom is -0.457 e. The van der Waals surface area contributed by atoms with Gasteiger partial charge in [0.25, 0.3) is 0 Å². The number of aliphatic hydroxyl groups is 1. The summed E-state index contributed by atoms with van der Waals surface area (Å²) in [5, 5.41) is 10.7. The third kappa shape index (κ3) is 8.53.